The fraction of sp³-hybridized carbons (Fsp3) is 0.367. The summed E-state index contributed by atoms with van der Waals surface area (Å²) in [5.74, 6) is 1.70. The molecule has 3 aromatic heterocycles. The van der Waals surface area contributed by atoms with Crippen LogP contribution in [0.3, 0.4) is 0 Å². The average molecular weight is 568 g/mol. The highest BCUT2D eigenvalue weighted by atomic mass is 16.5. The second-order valence-electron chi connectivity index (χ2n) is 11.0. The minimum Gasteiger partial charge on any atom is -0.480 e. The number of fused-ring (bicyclic) bond motifs is 5. The number of aromatic nitrogens is 5. The summed E-state index contributed by atoms with van der Waals surface area (Å²) in [6.45, 7) is 6.13. The summed E-state index contributed by atoms with van der Waals surface area (Å²) in [6.07, 6.45) is 7.11. The molecule has 12 nitrogen and oxygen atoms in total. The van der Waals surface area contributed by atoms with Gasteiger partial charge in [0.05, 0.1) is 6.54 Å². The molecule has 2 bridgehead atoms. The number of piperazine rings is 1. The molecular weight excluding hydrogens is 534 g/mol. The van der Waals surface area contributed by atoms with Gasteiger partial charge in [0.15, 0.2) is 29.6 Å². The van der Waals surface area contributed by atoms with E-state index < -0.39 is 0 Å². The van der Waals surface area contributed by atoms with Gasteiger partial charge in [-0.25, -0.2) is 19.3 Å². The maximum atomic E-state index is 13.5. The molecule has 1 unspecified atom stereocenters. The quantitative estimate of drug-likeness (QED) is 0.373. The van der Waals surface area contributed by atoms with E-state index in [0.29, 0.717) is 53.5 Å². The number of benzene rings is 1. The van der Waals surface area contributed by atoms with Crippen LogP contribution in [0.2, 0.25) is 0 Å². The van der Waals surface area contributed by atoms with E-state index in [-0.39, 0.29) is 18.1 Å². The normalized spacial score (nSPS) is 20.0. The molecule has 12 heteroatoms. The molecule has 1 atom stereocenters. The number of nitrogens with zero attached hydrogens (tertiary/aromatic N) is 8. The highest BCUT2D eigenvalue weighted by Crippen LogP contribution is 2.32. The third-order valence-electron chi connectivity index (χ3n) is 8.27. The number of carbonyl (C=O) groups is 1. The first kappa shape index (κ1) is 26.2. The standard InChI is InChI=1S/C30H33N9O3/c1-20-18-36(16-15-35(20)2)22-9-7-21(8-10-22)32-30-31-17-23-27(34-30)39-25-12-11-24-28(33-25)37(26(40)19-42-24)13-5-3-4-6-14-38(39)29(23)41/h4,6-12,17,20H,3,5,13-16,18-19H2,1-2H3,(H,31,32,34)/b6-4-. The fourth-order valence-electron chi connectivity index (χ4n) is 5.73. The largest absolute Gasteiger partial charge is 0.480 e. The first-order valence-corrected chi connectivity index (χ1v) is 14.4. The molecule has 4 aromatic rings. The Hall–Kier alpha value is -4.71. The molecule has 3 aliphatic heterocycles. The molecule has 1 saturated heterocycles. The summed E-state index contributed by atoms with van der Waals surface area (Å²) in [7, 11) is 2.17. The van der Waals surface area contributed by atoms with Gasteiger partial charge < -0.3 is 19.9 Å². The van der Waals surface area contributed by atoms with E-state index in [4.69, 9.17) is 14.7 Å². The first-order valence-electron chi connectivity index (χ1n) is 14.4. The van der Waals surface area contributed by atoms with Crippen molar-refractivity contribution in [3.63, 3.8) is 0 Å². The molecule has 0 saturated carbocycles. The lowest BCUT2D eigenvalue weighted by atomic mass is 10.1. The molecule has 0 radical (unpaired) electrons. The summed E-state index contributed by atoms with van der Waals surface area (Å²) in [6, 6.07) is 12.3. The molecule has 1 fully saturated rings. The van der Waals surface area contributed by atoms with E-state index in [0.717, 1.165) is 38.2 Å². The third kappa shape index (κ3) is 4.67. The third-order valence-corrected chi connectivity index (χ3v) is 8.27. The molecule has 0 spiro atoms. The van der Waals surface area contributed by atoms with Crippen molar-refractivity contribution in [3.05, 3.63) is 65.1 Å². The van der Waals surface area contributed by atoms with Gasteiger partial charge in [0.25, 0.3) is 11.5 Å². The van der Waals surface area contributed by atoms with Crippen LogP contribution in [0.1, 0.15) is 19.8 Å². The predicted octanol–water partition coefficient (Wildman–Crippen LogP) is 2.94. The average Bonchev–Trinajstić information content (AvgIpc) is 3.27. The van der Waals surface area contributed by atoms with Gasteiger partial charge in [-0.15, -0.1) is 0 Å². The number of pyridine rings is 1. The second kappa shape index (κ2) is 10.6. The van der Waals surface area contributed by atoms with Gasteiger partial charge in [0, 0.05) is 49.8 Å². The molecule has 0 aliphatic carbocycles. The van der Waals surface area contributed by atoms with Gasteiger partial charge in [-0.3, -0.25) is 14.5 Å². The predicted molar refractivity (Wildman–Crippen MR) is 161 cm³/mol. The molecule has 3 aliphatic rings. The zero-order valence-electron chi connectivity index (χ0n) is 23.7. The van der Waals surface area contributed by atoms with Gasteiger partial charge >= 0.3 is 0 Å². The molecule has 1 aromatic carbocycles. The number of ether oxygens (including phenoxy) is 1. The van der Waals surface area contributed by atoms with Crippen LogP contribution in [0.5, 0.6) is 5.75 Å². The van der Waals surface area contributed by atoms with E-state index >= 15 is 0 Å². The Kier molecular flexibility index (Phi) is 6.62. The van der Waals surface area contributed by atoms with Crippen molar-refractivity contribution >= 4 is 40.1 Å². The fourth-order valence-corrected chi connectivity index (χ4v) is 5.73. The molecule has 1 amide bonds. The lowest BCUT2D eigenvalue weighted by molar-refractivity contribution is -0.121. The lowest BCUT2D eigenvalue weighted by Gasteiger charge is -2.39. The summed E-state index contributed by atoms with van der Waals surface area (Å²) in [5.41, 5.74) is 2.23. The van der Waals surface area contributed by atoms with Crippen LogP contribution < -0.4 is 25.4 Å². The number of allylic oxidation sites excluding steroid dienone is 2. The Morgan fingerprint density at radius 2 is 1.86 bits per heavy atom. The van der Waals surface area contributed by atoms with Gasteiger partial charge in [-0.05, 0) is 63.2 Å². The van der Waals surface area contributed by atoms with E-state index in [1.165, 1.54) is 5.69 Å². The van der Waals surface area contributed by atoms with Gasteiger partial charge in [0.2, 0.25) is 5.95 Å². The van der Waals surface area contributed by atoms with E-state index in [2.05, 4.69) is 46.2 Å². The van der Waals surface area contributed by atoms with Crippen molar-refractivity contribution in [1.29, 1.82) is 0 Å². The minimum atomic E-state index is -0.215. The van der Waals surface area contributed by atoms with Crippen molar-refractivity contribution in [1.82, 2.24) is 29.2 Å². The van der Waals surface area contributed by atoms with Crippen molar-refractivity contribution in [2.24, 2.45) is 0 Å². The Balaban J connectivity index is 1.25. The van der Waals surface area contributed by atoms with Crippen molar-refractivity contribution in [2.45, 2.75) is 32.4 Å². The number of likely N-dealkylation sites (N-methyl/N-ethyl adjacent to an activating group) is 1. The molecule has 42 heavy (non-hydrogen) atoms. The topological polar surface area (TPSA) is 114 Å². The van der Waals surface area contributed by atoms with Crippen molar-refractivity contribution < 1.29 is 9.53 Å². The summed E-state index contributed by atoms with van der Waals surface area (Å²) >= 11 is 0. The molecule has 1 N–H and O–H groups in total. The van der Waals surface area contributed by atoms with Crippen LogP contribution in [-0.2, 0) is 11.3 Å². The minimum absolute atomic E-state index is 0.0151. The van der Waals surface area contributed by atoms with Crippen LogP contribution in [0.25, 0.3) is 16.9 Å². The molecule has 6 heterocycles. The zero-order valence-corrected chi connectivity index (χ0v) is 23.7. The molecule has 216 valence electrons. The van der Waals surface area contributed by atoms with Crippen LogP contribution >= 0.6 is 0 Å². The Bertz CT molecular complexity index is 1740. The summed E-state index contributed by atoms with van der Waals surface area (Å²) < 4.78 is 8.95. The van der Waals surface area contributed by atoms with E-state index in [1.807, 2.05) is 24.3 Å². The number of amides is 1. The Morgan fingerprint density at radius 3 is 2.69 bits per heavy atom. The summed E-state index contributed by atoms with van der Waals surface area (Å²) in [4.78, 5) is 46.7. The highest BCUT2D eigenvalue weighted by molar-refractivity contribution is 5.96. The van der Waals surface area contributed by atoms with Gasteiger partial charge in [0.1, 0.15) is 5.39 Å². The molecular formula is C30H33N9O3. The van der Waals surface area contributed by atoms with E-state index in [1.54, 1.807) is 32.6 Å². The lowest BCUT2D eigenvalue weighted by Crippen LogP contribution is -2.50. The highest BCUT2D eigenvalue weighted by Gasteiger charge is 2.28. The van der Waals surface area contributed by atoms with Crippen LogP contribution in [0.15, 0.2) is 59.5 Å². The number of rotatable bonds is 3. The van der Waals surface area contributed by atoms with Crippen molar-refractivity contribution in [3.8, 4) is 11.6 Å². The SMILES string of the molecule is CC1CN(c2ccc(Nc3ncc4c(=O)n5n(c4n3)-c3ccc4c(n3)N(CCC/C=C\C5)C(=O)CO4)cc2)CCN1C. The first-order chi connectivity index (χ1) is 20.5. The maximum Gasteiger partial charge on any atom is 0.278 e. The number of carbonyl (C=O) groups excluding carboxylic acids is 1. The van der Waals surface area contributed by atoms with Crippen LogP contribution in [0, 0.1) is 0 Å². The zero-order chi connectivity index (χ0) is 28.8. The Labute approximate surface area is 242 Å². The second-order valence-corrected chi connectivity index (χ2v) is 11.0. The Morgan fingerprint density at radius 1 is 1.00 bits per heavy atom. The van der Waals surface area contributed by atoms with E-state index in [9.17, 15) is 9.59 Å². The smallest absolute Gasteiger partial charge is 0.278 e. The van der Waals surface area contributed by atoms with Gasteiger partial charge in [-0.1, -0.05) is 12.2 Å². The number of anilines is 4. The monoisotopic (exact) mass is 567 g/mol. The number of hydrogen-bond donors (Lipinski definition) is 1. The van der Waals surface area contributed by atoms with Crippen LogP contribution in [-0.4, -0.2) is 81.0 Å². The molecule has 7 rings (SSSR count). The maximum absolute atomic E-state index is 13.5. The van der Waals surface area contributed by atoms with Crippen molar-refractivity contribution in [2.75, 3.05) is 55.0 Å². The van der Waals surface area contributed by atoms with Gasteiger partial charge in [-0.2, -0.15) is 4.98 Å². The summed E-state index contributed by atoms with van der Waals surface area (Å²) in [5, 5.41) is 3.67. The number of hydrogen-bond acceptors (Lipinski definition) is 9. The number of nitrogens with one attached hydrogen (secondary N) is 1. The van der Waals surface area contributed by atoms with Crippen LogP contribution in [0.4, 0.5) is 23.1 Å².